The van der Waals surface area contributed by atoms with Gasteiger partial charge < -0.3 is 4.74 Å². The third-order valence-electron chi connectivity index (χ3n) is 2.74. The van der Waals surface area contributed by atoms with Crippen LogP contribution in [0.4, 0.5) is 0 Å². The smallest absolute Gasteiger partial charge is 0.338 e. The van der Waals surface area contributed by atoms with Gasteiger partial charge in [0.15, 0.2) is 0 Å². The Labute approximate surface area is 111 Å². The molecule has 0 fully saturated rings. The highest BCUT2D eigenvalue weighted by Crippen LogP contribution is 2.26. The molecule has 18 heavy (non-hydrogen) atoms. The van der Waals surface area contributed by atoms with Crippen molar-refractivity contribution in [1.82, 2.24) is 0 Å². The number of esters is 1. The predicted molar refractivity (Wildman–Crippen MR) is 73.0 cm³/mol. The second-order valence-corrected chi connectivity index (χ2v) is 4.48. The first-order chi connectivity index (χ1) is 8.61. The first-order valence-electron chi connectivity index (χ1n) is 5.56. The van der Waals surface area contributed by atoms with E-state index in [1.807, 2.05) is 31.2 Å². The summed E-state index contributed by atoms with van der Waals surface area (Å²) in [6.07, 6.45) is 0. The average Bonchev–Trinajstić information content (AvgIpc) is 2.38. The average molecular weight is 261 g/mol. The lowest BCUT2D eigenvalue weighted by Gasteiger charge is -2.09. The molecule has 0 N–H and O–H groups in total. The van der Waals surface area contributed by atoms with Crippen molar-refractivity contribution in [3.63, 3.8) is 0 Å². The van der Waals surface area contributed by atoms with Gasteiger partial charge in [0.05, 0.1) is 12.7 Å². The van der Waals surface area contributed by atoms with Gasteiger partial charge in [-0.2, -0.15) is 0 Å². The summed E-state index contributed by atoms with van der Waals surface area (Å²) in [5.41, 5.74) is 3.46. The molecular formula is C15H13ClO2. The van der Waals surface area contributed by atoms with Crippen LogP contribution in [0, 0.1) is 6.92 Å². The van der Waals surface area contributed by atoms with E-state index < -0.39 is 0 Å². The molecule has 2 nitrogen and oxygen atoms in total. The normalized spacial score (nSPS) is 10.2. The van der Waals surface area contributed by atoms with Gasteiger partial charge in [-0.05, 0) is 36.2 Å². The Balaban J connectivity index is 2.57. The SMILES string of the molecule is COC(=O)c1ccc(C)cc1-c1ccc(Cl)cc1. The number of hydrogen-bond acceptors (Lipinski definition) is 2. The van der Waals surface area contributed by atoms with Gasteiger partial charge in [0.2, 0.25) is 0 Å². The van der Waals surface area contributed by atoms with Crippen molar-refractivity contribution in [2.45, 2.75) is 6.92 Å². The molecule has 0 bridgehead atoms. The summed E-state index contributed by atoms with van der Waals surface area (Å²) in [5.74, 6) is -0.333. The summed E-state index contributed by atoms with van der Waals surface area (Å²) < 4.78 is 4.80. The molecule has 3 heteroatoms. The molecule has 0 saturated heterocycles. The Morgan fingerprint density at radius 2 is 1.78 bits per heavy atom. The first kappa shape index (κ1) is 12.7. The molecule has 0 spiro atoms. The zero-order valence-corrected chi connectivity index (χ0v) is 11.0. The van der Waals surface area contributed by atoms with Crippen molar-refractivity contribution < 1.29 is 9.53 Å². The predicted octanol–water partition coefficient (Wildman–Crippen LogP) is 4.10. The summed E-state index contributed by atoms with van der Waals surface area (Å²) in [6, 6.07) is 13.0. The molecule has 92 valence electrons. The fourth-order valence-corrected chi connectivity index (χ4v) is 1.94. The van der Waals surface area contributed by atoms with Gasteiger partial charge in [0.1, 0.15) is 0 Å². The van der Waals surface area contributed by atoms with E-state index in [0.29, 0.717) is 10.6 Å². The Bertz CT molecular complexity index is 574. The van der Waals surface area contributed by atoms with Gasteiger partial charge in [0.25, 0.3) is 0 Å². The van der Waals surface area contributed by atoms with E-state index >= 15 is 0 Å². The van der Waals surface area contributed by atoms with Crippen LogP contribution in [0.1, 0.15) is 15.9 Å². The van der Waals surface area contributed by atoms with Crippen molar-refractivity contribution in [2.24, 2.45) is 0 Å². The van der Waals surface area contributed by atoms with E-state index in [1.54, 1.807) is 18.2 Å². The zero-order valence-electron chi connectivity index (χ0n) is 10.2. The number of carbonyl (C=O) groups excluding carboxylic acids is 1. The van der Waals surface area contributed by atoms with Crippen LogP contribution in [0.3, 0.4) is 0 Å². The lowest BCUT2D eigenvalue weighted by molar-refractivity contribution is 0.0601. The van der Waals surface area contributed by atoms with E-state index in [0.717, 1.165) is 16.7 Å². The van der Waals surface area contributed by atoms with Gasteiger partial charge in [-0.25, -0.2) is 4.79 Å². The third kappa shape index (κ3) is 2.54. The summed E-state index contributed by atoms with van der Waals surface area (Å²) in [7, 11) is 1.38. The van der Waals surface area contributed by atoms with Crippen molar-refractivity contribution >= 4 is 17.6 Å². The number of ether oxygens (including phenoxy) is 1. The van der Waals surface area contributed by atoms with E-state index in [-0.39, 0.29) is 5.97 Å². The topological polar surface area (TPSA) is 26.3 Å². The maximum Gasteiger partial charge on any atom is 0.338 e. The van der Waals surface area contributed by atoms with Crippen molar-refractivity contribution in [1.29, 1.82) is 0 Å². The van der Waals surface area contributed by atoms with Crippen LogP contribution in [-0.2, 0) is 4.74 Å². The number of aryl methyl sites for hydroxylation is 1. The maximum absolute atomic E-state index is 11.7. The van der Waals surface area contributed by atoms with Crippen LogP contribution in [0.25, 0.3) is 11.1 Å². The summed E-state index contributed by atoms with van der Waals surface area (Å²) >= 11 is 5.87. The summed E-state index contributed by atoms with van der Waals surface area (Å²) in [4.78, 5) is 11.7. The summed E-state index contributed by atoms with van der Waals surface area (Å²) in [6.45, 7) is 1.99. The number of halogens is 1. The summed E-state index contributed by atoms with van der Waals surface area (Å²) in [5, 5.41) is 0.672. The Morgan fingerprint density at radius 1 is 1.11 bits per heavy atom. The number of carbonyl (C=O) groups is 1. The fraction of sp³-hybridized carbons (Fsp3) is 0.133. The van der Waals surface area contributed by atoms with E-state index in [4.69, 9.17) is 16.3 Å². The Morgan fingerprint density at radius 3 is 2.39 bits per heavy atom. The van der Waals surface area contributed by atoms with Gasteiger partial charge in [-0.1, -0.05) is 41.4 Å². The van der Waals surface area contributed by atoms with Gasteiger partial charge in [0, 0.05) is 5.02 Å². The molecule has 0 heterocycles. The molecule has 0 saturated carbocycles. The largest absolute Gasteiger partial charge is 0.465 e. The molecule has 0 aliphatic carbocycles. The number of methoxy groups -OCH3 is 1. The van der Waals surface area contributed by atoms with Crippen LogP contribution in [0.2, 0.25) is 5.02 Å². The molecule has 0 atom stereocenters. The van der Waals surface area contributed by atoms with Crippen LogP contribution >= 0.6 is 11.6 Å². The van der Waals surface area contributed by atoms with E-state index in [1.165, 1.54) is 7.11 Å². The molecule has 2 aromatic carbocycles. The fourth-order valence-electron chi connectivity index (χ4n) is 1.81. The van der Waals surface area contributed by atoms with Crippen LogP contribution < -0.4 is 0 Å². The third-order valence-corrected chi connectivity index (χ3v) is 2.99. The molecule has 2 rings (SSSR count). The van der Waals surface area contributed by atoms with Gasteiger partial charge >= 0.3 is 5.97 Å². The number of benzene rings is 2. The first-order valence-corrected chi connectivity index (χ1v) is 5.94. The van der Waals surface area contributed by atoms with E-state index in [2.05, 4.69) is 0 Å². The van der Waals surface area contributed by atoms with Gasteiger partial charge in [-0.15, -0.1) is 0 Å². The highest BCUT2D eigenvalue weighted by Gasteiger charge is 2.13. The number of rotatable bonds is 2. The second kappa shape index (κ2) is 5.23. The van der Waals surface area contributed by atoms with Crippen molar-refractivity contribution in [3.05, 3.63) is 58.6 Å². The second-order valence-electron chi connectivity index (χ2n) is 4.05. The molecule has 0 amide bonds. The quantitative estimate of drug-likeness (QED) is 0.760. The standard InChI is InChI=1S/C15H13ClO2/c1-10-3-8-13(15(17)18-2)14(9-10)11-4-6-12(16)7-5-11/h3-9H,1-2H3. The molecular weight excluding hydrogens is 248 g/mol. The van der Waals surface area contributed by atoms with E-state index in [9.17, 15) is 4.79 Å². The zero-order chi connectivity index (χ0) is 13.1. The van der Waals surface area contributed by atoms with Crippen molar-refractivity contribution in [2.75, 3.05) is 7.11 Å². The van der Waals surface area contributed by atoms with Crippen LogP contribution in [-0.4, -0.2) is 13.1 Å². The number of hydrogen-bond donors (Lipinski definition) is 0. The Kier molecular flexibility index (Phi) is 3.68. The maximum atomic E-state index is 11.7. The lowest BCUT2D eigenvalue weighted by Crippen LogP contribution is -2.03. The van der Waals surface area contributed by atoms with Crippen LogP contribution in [0.5, 0.6) is 0 Å². The highest BCUT2D eigenvalue weighted by atomic mass is 35.5. The highest BCUT2D eigenvalue weighted by molar-refractivity contribution is 6.30. The van der Waals surface area contributed by atoms with Crippen LogP contribution in [0.15, 0.2) is 42.5 Å². The molecule has 0 aromatic heterocycles. The molecule has 0 unspecified atom stereocenters. The van der Waals surface area contributed by atoms with Gasteiger partial charge in [-0.3, -0.25) is 0 Å². The minimum Gasteiger partial charge on any atom is -0.465 e. The molecule has 2 aromatic rings. The minimum absolute atomic E-state index is 0.333. The molecule has 0 aliphatic rings. The monoisotopic (exact) mass is 260 g/mol. The lowest BCUT2D eigenvalue weighted by atomic mass is 9.98. The molecule has 0 radical (unpaired) electrons. The Hall–Kier alpha value is -1.80. The molecule has 0 aliphatic heterocycles. The van der Waals surface area contributed by atoms with Crippen molar-refractivity contribution in [3.8, 4) is 11.1 Å². The minimum atomic E-state index is -0.333.